The molecule has 0 saturated carbocycles. The Hall–Kier alpha value is -1.76. The Morgan fingerprint density at radius 3 is 2.29 bits per heavy atom. The third kappa shape index (κ3) is 4.10. The summed E-state index contributed by atoms with van der Waals surface area (Å²) in [5.41, 5.74) is 0.882. The first-order valence-electron chi connectivity index (χ1n) is 6.44. The quantitative estimate of drug-likeness (QED) is 0.853. The van der Waals surface area contributed by atoms with E-state index in [2.05, 4.69) is 4.72 Å². The molecule has 2 rings (SSSR count). The number of nitrogens with one attached hydrogen (secondary N) is 1. The number of aliphatic hydroxyl groups excluding tert-OH is 1. The summed E-state index contributed by atoms with van der Waals surface area (Å²) in [6, 6.07) is 13.6. The molecule has 2 aromatic carbocycles. The molecule has 0 fully saturated rings. The van der Waals surface area contributed by atoms with Gasteiger partial charge >= 0.3 is 0 Å². The Labute approximate surface area is 123 Å². The van der Waals surface area contributed by atoms with Crippen LogP contribution in [-0.2, 0) is 16.4 Å². The maximum Gasteiger partial charge on any atom is 0.243 e. The van der Waals surface area contributed by atoms with Crippen molar-refractivity contribution in [2.75, 3.05) is 6.61 Å². The van der Waals surface area contributed by atoms with Crippen molar-refractivity contribution in [2.45, 2.75) is 17.4 Å². The molecule has 0 saturated heterocycles. The Bertz CT molecular complexity index is 689. The first kappa shape index (κ1) is 15.6. The van der Waals surface area contributed by atoms with Gasteiger partial charge in [-0.2, -0.15) is 0 Å². The average Bonchev–Trinajstić information content (AvgIpc) is 2.47. The average molecular weight is 309 g/mol. The zero-order valence-corrected chi connectivity index (χ0v) is 12.1. The van der Waals surface area contributed by atoms with E-state index in [0.717, 1.165) is 11.6 Å². The number of aliphatic hydroxyl groups is 1. The Morgan fingerprint density at radius 1 is 1.05 bits per heavy atom. The molecule has 0 aliphatic heterocycles. The molecule has 112 valence electrons. The van der Waals surface area contributed by atoms with Crippen LogP contribution in [0.25, 0.3) is 0 Å². The maximum absolute atomic E-state index is 13.6. The molecular formula is C15H16FNO3S. The summed E-state index contributed by atoms with van der Waals surface area (Å²) in [5, 5.41) is 9.35. The van der Waals surface area contributed by atoms with E-state index in [1.165, 1.54) is 18.2 Å². The lowest BCUT2D eigenvalue weighted by molar-refractivity contribution is 0.256. The monoisotopic (exact) mass is 309 g/mol. The van der Waals surface area contributed by atoms with Crippen molar-refractivity contribution in [2.24, 2.45) is 0 Å². The molecule has 0 bridgehead atoms. The molecule has 4 nitrogen and oxygen atoms in total. The highest BCUT2D eigenvalue weighted by molar-refractivity contribution is 7.89. The third-order valence-corrected chi connectivity index (χ3v) is 4.55. The van der Waals surface area contributed by atoms with Crippen molar-refractivity contribution in [1.82, 2.24) is 4.72 Å². The molecule has 6 heteroatoms. The summed E-state index contributed by atoms with van der Waals surface area (Å²) in [4.78, 5) is -0.420. The number of rotatable bonds is 6. The van der Waals surface area contributed by atoms with Gasteiger partial charge in [-0.1, -0.05) is 42.5 Å². The maximum atomic E-state index is 13.6. The van der Waals surface area contributed by atoms with E-state index in [1.54, 1.807) is 0 Å². The van der Waals surface area contributed by atoms with Crippen LogP contribution in [0.2, 0.25) is 0 Å². The van der Waals surface area contributed by atoms with Crippen molar-refractivity contribution < 1.29 is 17.9 Å². The van der Waals surface area contributed by atoms with Crippen LogP contribution in [0.1, 0.15) is 5.56 Å². The Morgan fingerprint density at radius 2 is 1.67 bits per heavy atom. The highest BCUT2D eigenvalue weighted by Crippen LogP contribution is 2.14. The second-order valence-electron chi connectivity index (χ2n) is 4.62. The molecule has 0 amide bonds. The van der Waals surface area contributed by atoms with Crippen molar-refractivity contribution in [3.8, 4) is 0 Å². The van der Waals surface area contributed by atoms with Crippen LogP contribution in [0.5, 0.6) is 0 Å². The summed E-state index contributed by atoms with van der Waals surface area (Å²) >= 11 is 0. The van der Waals surface area contributed by atoms with E-state index in [1.807, 2.05) is 30.3 Å². The van der Waals surface area contributed by atoms with Crippen LogP contribution in [0.15, 0.2) is 59.5 Å². The molecule has 1 atom stereocenters. The van der Waals surface area contributed by atoms with Gasteiger partial charge in [0.2, 0.25) is 10.0 Å². The summed E-state index contributed by atoms with van der Waals surface area (Å²) in [5.74, 6) is -0.818. The first-order chi connectivity index (χ1) is 10.0. The van der Waals surface area contributed by atoms with E-state index in [9.17, 15) is 17.9 Å². The number of hydrogen-bond donors (Lipinski definition) is 2. The lowest BCUT2D eigenvalue weighted by Gasteiger charge is -2.16. The lowest BCUT2D eigenvalue weighted by Crippen LogP contribution is -2.39. The van der Waals surface area contributed by atoms with Crippen molar-refractivity contribution in [3.05, 3.63) is 66.0 Å². The summed E-state index contributed by atoms with van der Waals surface area (Å²) < 4.78 is 40.2. The minimum atomic E-state index is -4.01. The summed E-state index contributed by atoms with van der Waals surface area (Å²) in [6.07, 6.45) is 0.324. The largest absolute Gasteiger partial charge is 0.395 e. The van der Waals surface area contributed by atoms with Gasteiger partial charge in [-0.25, -0.2) is 17.5 Å². The second-order valence-corrected chi connectivity index (χ2v) is 6.30. The Kier molecular flexibility index (Phi) is 5.06. The SMILES string of the molecule is O=S(=O)(N[C@@H](CO)Cc1ccccc1)c1ccccc1F. The second kappa shape index (κ2) is 6.80. The fraction of sp³-hybridized carbons (Fsp3) is 0.200. The predicted octanol–water partition coefficient (Wildman–Crippen LogP) is 1.71. The van der Waals surface area contributed by atoms with E-state index < -0.39 is 26.8 Å². The normalized spacial score (nSPS) is 13.0. The smallest absolute Gasteiger partial charge is 0.243 e. The van der Waals surface area contributed by atoms with Crippen molar-refractivity contribution >= 4 is 10.0 Å². The van der Waals surface area contributed by atoms with Crippen LogP contribution < -0.4 is 4.72 Å². The van der Waals surface area contributed by atoms with Gasteiger partial charge in [0, 0.05) is 6.04 Å². The van der Waals surface area contributed by atoms with Crippen molar-refractivity contribution in [3.63, 3.8) is 0 Å². The van der Waals surface area contributed by atoms with E-state index >= 15 is 0 Å². The molecule has 0 aromatic heterocycles. The van der Waals surface area contributed by atoms with Gasteiger partial charge in [-0.3, -0.25) is 0 Å². The Balaban J connectivity index is 2.16. The molecule has 0 aliphatic rings. The molecule has 0 heterocycles. The zero-order valence-electron chi connectivity index (χ0n) is 11.2. The van der Waals surface area contributed by atoms with Gasteiger partial charge in [0.15, 0.2) is 0 Å². The van der Waals surface area contributed by atoms with Crippen LogP contribution in [-0.4, -0.2) is 26.2 Å². The fourth-order valence-electron chi connectivity index (χ4n) is 1.99. The third-order valence-electron chi connectivity index (χ3n) is 2.99. The van der Waals surface area contributed by atoms with Crippen LogP contribution >= 0.6 is 0 Å². The van der Waals surface area contributed by atoms with Crippen molar-refractivity contribution in [1.29, 1.82) is 0 Å². The van der Waals surface area contributed by atoms with E-state index in [0.29, 0.717) is 6.42 Å². The molecule has 2 aromatic rings. The van der Waals surface area contributed by atoms with Gasteiger partial charge < -0.3 is 5.11 Å². The van der Waals surface area contributed by atoms with E-state index in [4.69, 9.17) is 0 Å². The number of benzene rings is 2. The summed E-state index contributed by atoms with van der Waals surface area (Å²) in [6.45, 7) is -0.372. The van der Waals surface area contributed by atoms with Gasteiger partial charge in [0.05, 0.1) is 6.61 Å². The van der Waals surface area contributed by atoms with E-state index in [-0.39, 0.29) is 6.61 Å². The minimum absolute atomic E-state index is 0.324. The number of halogens is 1. The van der Waals surface area contributed by atoms with Crippen LogP contribution in [0.3, 0.4) is 0 Å². The highest BCUT2D eigenvalue weighted by atomic mass is 32.2. The molecule has 21 heavy (non-hydrogen) atoms. The molecular weight excluding hydrogens is 293 g/mol. The number of sulfonamides is 1. The summed E-state index contributed by atoms with van der Waals surface area (Å²) in [7, 11) is -4.01. The zero-order chi connectivity index (χ0) is 15.3. The molecule has 2 N–H and O–H groups in total. The fourth-order valence-corrected chi connectivity index (χ4v) is 3.29. The van der Waals surface area contributed by atoms with Crippen LogP contribution in [0.4, 0.5) is 4.39 Å². The van der Waals surface area contributed by atoms with Gasteiger partial charge in [0.1, 0.15) is 10.7 Å². The van der Waals surface area contributed by atoms with Gasteiger partial charge in [0.25, 0.3) is 0 Å². The van der Waals surface area contributed by atoms with Gasteiger partial charge in [-0.05, 0) is 24.1 Å². The first-order valence-corrected chi connectivity index (χ1v) is 7.93. The predicted molar refractivity (Wildman–Crippen MR) is 77.7 cm³/mol. The number of hydrogen-bond acceptors (Lipinski definition) is 3. The standard InChI is InChI=1S/C15H16FNO3S/c16-14-8-4-5-9-15(14)21(19,20)17-13(11-18)10-12-6-2-1-3-7-12/h1-9,13,17-18H,10-11H2/t13-/m1/s1. The molecule has 0 unspecified atom stereocenters. The minimum Gasteiger partial charge on any atom is -0.395 e. The van der Waals surface area contributed by atoms with Gasteiger partial charge in [-0.15, -0.1) is 0 Å². The lowest BCUT2D eigenvalue weighted by atomic mass is 10.1. The van der Waals surface area contributed by atoms with Crippen LogP contribution in [0, 0.1) is 5.82 Å². The topological polar surface area (TPSA) is 66.4 Å². The molecule has 0 radical (unpaired) electrons. The molecule has 0 spiro atoms. The molecule has 0 aliphatic carbocycles. The highest BCUT2D eigenvalue weighted by Gasteiger charge is 2.22.